The lowest BCUT2D eigenvalue weighted by Crippen LogP contribution is -1.80. The zero-order valence-electron chi connectivity index (χ0n) is 7.07. The topological polar surface area (TPSA) is 0 Å². The lowest BCUT2D eigenvalue weighted by Gasteiger charge is -2.03. The number of halogens is 2. The third kappa shape index (κ3) is 1.82. The smallest absolute Gasteiger partial charge is 0.0667 e. The largest absolute Gasteiger partial charge is 0.0870 e. The fourth-order valence-electron chi connectivity index (χ4n) is 0.969. The summed E-state index contributed by atoms with van der Waals surface area (Å²) in [5.74, 6) is 0. The molecule has 0 unspecified atom stereocenters. The second-order valence-corrected chi connectivity index (χ2v) is 3.36. The molecule has 0 aromatic heterocycles. The van der Waals surface area contributed by atoms with Gasteiger partial charge < -0.3 is 0 Å². The number of rotatable bonds is 1. The summed E-state index contributed by atoms with van der Waals surface area (Å²) in [4.78, 5) is 0. The van der Waals surface area contributed by atoms with E-state index in [1.54, 1.807) is 0 Å². The normalized spacial score (nSPS) is 11.0. The molecule has 0 radical (unpaired) electrons. The van der Waals surface area contributed by atoms with Gasteiger partial charge in [0, 0.05) is 0 Å². The molecule has 0 heterocycles. The molecule has 1 aromatic carbocycles. The van der Waals surface area contributed by atoms with E-state index in [-0.39, 0.29) is 0 Å². The van der Waals surface area contributed by atoms with Crippen LogP contribution in [0.5, 0.6) is 0 Å². The Morgan fingerprint density at radius 3 is 2.42 bits per heavy atom. The Balaban J connectivity index is 3.26. The zero-order valence-corrected chi connectivity index (χ0v) is 8.58. The quantitative estimate of drug-likeness (QED) is 0.634. The lowest BCUT2D eigenvalue weighted by atomic mass is 10.1. The highest BCUT2D eigenvalue weighted by Gasteiger charge is 2.03. The molecule has 0 saturated heterocycles. The molecule has 0 aliphatic carbocycles. The minimum absolute atomic E-state index is 0.634. The monoisotopic (exact) mass is 200 g/mol. The van der Waals surface area contributed by atoms with E-state index in [4.69, 9.17) is 23.2 Å². The van der Waals surface area contributed by atoms with Crippen molar-refractivity contribution in [2.75, 3.05) is 0 Å². The molecule has 0 saturated carbocycles. The summed E-state index contributed by atoms with van der Waals surface area (Å²) in [6.45, 7) is 3.89. The van der Waals surface area contributed by atoms with E-state index < -0.39 is 0 Å². The van der Waals surface area contributed by atoms with Crippen molar-refractivity contribution in [1.29, 1.82) is 0 Å². The summed E-state index contributed by atoms with van der Waals surface area (Å²) in [5.41, 5.74) is 1.98. The first-order valence-electron chi connectivity index (χ1n) is 3.74. The first-order chi connectivity index (χ1) is 5.66. The van der Waals surface area contributed by atoms with Gasteiger partial charge in [-0.2, -0.15) is 0 Å². The molecule has 2 heteroatoms. The van der Waals surface area contributed by atoms with E-state index in [1.807, 2.05) is 38.1 Å². The fourth-order valence-corrected chi connectivity index (χ4v) is 1.42. The summed E-state index contributed by atoms with van der Waals surface area (Å²) in [6.07, 6.45) is 3.88. The number of aryl methyl sites for hydroxylation is 1. The first kappa shape index (κ1) is 9.63. The molecule has 1 aromatic rings. The van der Waals surface area contributed by atoms with Gasteiger partial charge >= 0.3 is 0 Å². The molecule has 0 aliphatic rings. The van der Waals surface area contributed by atoms with Gasteiger partial charge in [-0.15, -0.1) is 0 Å². The molecule has 0 amide bonds. The molecule has 64 valence electrons. The molecule has 0 nitrogen and oxygen atoms in total. The Morgan fingerprint density at radius 1 is 1.17 bits per heavy atom. The van der Waals surface area contributed by atoms with Gasteiger partial charge in [0.15, 0.2) is 0 Å². The molecular weight excluding hydrogens is 191 g/mol. The number of hydrogen-bond donors (Lipinski definition) is 0. The van der Waals surface area contributed by atoms with Crippen molar-refractivity contribution >= 4 is 29.3 Å². The van der Waals surface area contributed by atoms with Crippen LogP contribution in [0.1, 0.15) is 18.1 Å². The molecule has 0 N–H and O–H groups in total. The number of benzene rings is 1. The van der Waals surface area contributed by atoms with Crippen LogP contribution in [-0.4, -0.2) is 0 Å². The molecule has 0 atom stereocenters. The minimum Gasteiger partial charge on any atom is -0.0870 e. The first-order valence-corrected chi connectivity index (χ1v) is 4.49. The average Bonchev–Trinajstić information content (AvgIpc) is 2.07. The van der Waals surface area contributed by atoms with Crippen LogP contribution in [-0.2, 0) is 0 Å². The highest BCUT2D eigenvalue weighted by atomic mass is 35.5. The molecular formula is C10H10Cl2. The van der Waals surface area contributed by atoms with E-state index in [1.165, 1.54) is 0 Å². The highest BCUT2D eigenvalue weighted by molar-refractivity contribution is 6.43. The van der Waals surface area contributed by atoms with Crippen molar-refractivity contribution < 1.29 is 0 Å². The maximum Gasteiger partial charge on any atom is 0.0667 e. The van der Waals surface area contributed by atoms with Crippen molar-refractivity contribution in [3.8, 4) is 0 Å². The average molecular weight is 201 g/mol. The van der Waals surface area contributed by atoms with E-state index >= 15 is 0 Å². The van der Waals surface area contributed by atoms with Crippen LogP contribution in [0.25, 0.3) is 6.08 Å². The second-order valence-electron chi connectivity index (χ2n) is 2.60. The van der Waals surface area contributed by atoms with Crippen molar-refractivity contribution in [3.63, 3.8) is 0 Å². The van der Waals surface area contributed by atoms with Crippen LogP contribution in [0, 0.1) is 6.92 Å². The molecule has 0 fully saturated rings. The molecule has 12 heavy (non-hydrogen) atoms. The predicted octanol–water partition coefficient (Wildman–Crippen LogP) is 4.33. The van der Waals surface area contributed by atoms with Gasteiger partial charge in [-0.1, -0.05) is 47.5 Å². The number of allylic oxidation sites excluding steroid dienone is 1. The van der Waals surface area contributed by atoms with Gasteiger partial charge in [0.05, 0.1) is 10.0 Å². The third-order valence-corrected chi connectivity index (χ3v) is 2.64. The van der Waals surface area contributed by atoms with E-state index in [9.17, 15) is 0 Å². The highest BCUT2D eigenvalue weighted by Crippen LogP contribution is 2.29. The van der Waals surface area contributed by atoms with Crippen LogP contribution in [0.4, 0.5) is 0 Å². The van der Waals surface area contributed by atoms with Gasteiger partial charge in [-0.05, 0) is 25.0 Å². The summed E-state index contributed by atoms with van der Waals surface area (Å²) in [6, 6.07) is 3.92. The van der Waals surface area contributed by atoms with Crippen LogP contribution >= 0.6 is 23.2 Å². The number of hydrogen-bond acceptors (Lipinski definition) is 0. The predicted molar refractivity (Wildman–Crippen MR) is 55.9 cm³/mol. The Kier molecular flexibility index (Phi) is 3.19. The maximum atomic E-state index is 5.99. The third-order valence-electron chi connectivity index (χ3n) is 1.65. The summed E-state index contributed by atoms with van der Waals surface area (Å²) >= 11 is 11.9. The lowest BCUT2D eigenvalue weighted by molar-refractivity contribution is 1.46. The zero-order chi connectivity index (χ0) is 9.14. The second kappa shape index (κ2) is 3.97. The van der Waals surface area contributed by atoms with E-state index in [2.05, 4.69) is 0 Å². The summed E-state index contributed by atoms with van der Waals surface area (Å²) in [7, 11) is 0. The minimum atomic E-state index is 0.634. The van der Waals surface area contributed by atoms with Crippen LogP contribution < -0.4 is 0 Å². The molecule has 0 spiro atoms. The Hall–Kier alpha value is -0.460. The Morgan fingerprint density at radius 2 is 1.83 bits per heavy atom. The Bertz CT molecular complexity index is 314. The van der Waals surface area contributed by atoms with Crippen molar-refractivity contribution in [3.05, 3.63) is 39.4 Å². The van der Waals surface area contributed by atoms with Gasteiger partial charge in [0.1, 0.15) is 0 Å². The SMILES string of the molecule is C/C=C/c1ccc(C)c(Cl)c1Cl. The molecule has 0 bridgehead atoms. The van der Waals surface area contributed by atoms with Gasteiger partial charge in [-0.3, -0.25) is 0 Å². The van der Waals surface area contributed by atoms with E-state index in [0.29, 0.717) is 10.0 Å². The van der Waals surface area contributed by atoms with Crippen LogP contribution in [0.2, 0.25) is 10.0 Å². The van der Waals surface area contributed by atoms with Crippen LogP contribution in [0.15, 0.2) is 18.2 Å². The van der Waals surface area contributed by atoms with Crippen molar-refractivity contribution in [2.24, 2.45) is 0 Å². The van der Waals surface area contributed by atoms with Gasteiger partial charge in [0.2, 0.25) is 0 Å². The maximum absolute atomic E-state index is 5.99. The molecule has 1 rings (SSSR count). The van der Waals surface area contributed by atoms with E-state index in [0.717, 1.165) is 11.1 Å². The summed E-state index contributed by atoms with van der Waals surface area (Å²) < 4.78 is 0. The summed E-state index contributed by atoms with van der Waals surface area (Å²) in [5, 5.41) is 1.28. The van der Waals surface area contributed by atoms with Crippen molar-refractivity contribution in [2.45, 2.75) is 13.8 Å². The fraction of sp³-hybridized carbons (Fsp3) is 0.200. The standard InChI is InChI=1S/C10H10Cl2/c1-3-4-8-6-5-7(2)9(11)10(8)12/h3-6H,1-2H3/b4-3+. The Labute approximate surface area is 82.8 Å². The van der Waals surface area contributed by atoms with Gasteiger partial charge in [-0.25, -0.2) is 0 Å². The van der Waals surface area contributed by atoms with Gasteiger partial charge in [0.25, 0.3) is 0 Å². The van der Waals surface area contributed by atoms with Crippen molar-refractivity contribution in [1.82, 2.24) is 0 Å². The van der Waals surface area contributed by atoms with Crippen LogP contribution in [0.3, 0.4) is 0 Å². The molecule has 0 aliphatic heterocycles.